The molecule has 1 aliphatic rings. The molecule has 3 aromatic heterocycles. The molecule has 154 valence electrons. The van der Waals surface area contributed by atoms with E-state index in [2.05, 4.69) is 24.6 Å². The highest BCUT2D eigenvalue weighted by molar-refractivity contribution is 7.92. The van der Waals surface area contributed by atoms with E-state index < -0.39 is 10.0 Å². The maximum Gasteiger partial charge on any atom is 0.237 e. The molecule has 1 fully saturated rings. The van der Waals surface area contributed by atoms with Gasteiger partial charge in [-0.2, -0.15) is 10.2 Å². The highest BCUT2D eigenvalue weighted by atomic mass is 32.2. The molecule has 0 saturated heterocycles. The number of hydrogen-bond donors (Lipinski definition) is 1. The summed E-state index contributed by atoms with van der Waals surface area (Å²) in [5.74, 6) is 0.734. The molecule has 0 bridgehead atoms. The SMILES string of the molecule is [C-]#[N+]CC(C1CCCC1)n1cc(-c2c([N+]#[C-])cnn3c(NS(C)(=O)=O)ccc23)cn1. The molecule has 30 heavy (non-hydrogen) atoms. The molecule has 0 amide bonds. The monoisotopic (exact) mass is 423 g/mol. The summed E-state index contributed by atoms with van der Waals surface area (Å²) in [5, 5.41) is 8.76. The summed E-state index contributed by atoms with van der Waals surface area (Å²) in [6.07, 6.45) is 10.6. The van der Waals surface area contributed by atoms with Crippen molar-refractivity contribution in [3.8, 4) is 11.1 Å². The standard InChI is InChI=1S/C20H21N7O2S/c1-21-12-18(14-6-4-5-7-14)26-13-15(10-23-26)20-16(22-2)11-24-27-17(20)8-9-19(27)25-30(3,28)29/h8-11,13-14,18,25H,4-7,12H2,3H3. The minimum absolute atomic E-state index is 0.0160. The Morgan fingerprint density at radius 3 is 2.67 bits per heavy atom. The number of fused-ring (bicyclic) bond motifs is 1. The molecule has 1 aliphatic carbocycles. The third-order valence-electron chi connectivity index (χ3n) is 5.53. The maximum absolute atomic E-state index is 11.6. The molecule has 0 aromatic carbocycles. The van der Waals surface area contributed by atoms with Gasteiger partial charge < -0.3 is 4.85 Å². The first-order valence-corrected chi connectivity index (χ1v) is 11.5. The first-order valence-electron chi connectivity index (χ1n) is 9.65. The predicted molar refractivity (Wildman–Crippen MR) is 114 cm³/mol. The average Bonchev–Trinajstić information content (AvgIpc) is 3.46. The van der Waals surface area contributed by atoms with Crippen LogP contribution in [0.3, 0.4) is 0 Å². The molecule has 1 atom stereocenters. The Labute approximate surface area is 175 Å². The predicted octanol–water partition coefficient (Wildman–Crippen LogP) is 3.77. The van der Waals surface area contributed by atoms with Gasteiger partial charge in [-0.25, -0.2) is 24.4 Å². The second-order valence-electron chi connectivity index (χ2n) is 7.57. The Morgan fingerprint density at radius 2 is 2.00 bits per heavy atom. The zero-order chi connectivity index (χ0) is 21.3. The number of hydrogen-bond acceptors (Lipinski definition) is 4. The van der Waals surface area contributed by atoms with Gasteiger partial charge in [0.15, 0.2) is 0 Å². The zero-order valence-corrected chi connectivity index (χ0v) is 17.3. The van der Waals surface area contributed by atoms with Crippen LogP contribution in [-0.2, 0) is 10.0 Å². The molecule has 1 N–H and O–H groups in total. The molecule has 3 heterocycles. The molecule has 9 nitrogen and oxygen atoms in total. The van der Waals surface area contributed by atoms with Crippen LogP contribution in [0.4, 0.5) is 11.5 Å². The topological polar surface area (TPSA) is 90.0 Å². The molecular weight excluding hydrogens is 402 g/mol. The van der Waals surface area contributed by atoms with Crippen LogP contribution in [0.25, 0.3) is 26.3 Å². The van der Waals surface area contributed by atoms with Gasteiger partial charge in [-0.05, 0) is 30.9 Å². The van der Waals surface area contributed by atoms with E-state index in [0.717, 1.165) is 24.7 Å². The summed E-state index contributed by atoms with van der Waals surface area (Å²) in [4.78, 5) is 7.22. The van der Waals surface area contributed by atoms with Gasteiger partial charge in [0, 0.05) is 17.3 Å². The molecule has 0 aliphatic heterocycles. The number of aromatic nitrogens is 4. The Morgan fingerprint density at radius 1 is 1.23 bits per heavy atom. The van der Waals surface area contributed by atoms with Crippen LogP contribution in [-0.4, -0.2) is 40.6 Å². The van der Waals surface area contributed by atoms with Gasteiger partial charge in [-0.15, -0.1) is 0 Å². The zero-order valence-electron chi connectivity index (χ0n) is 16.5. The Balaban J connectivity index is 1.79. The van der Waals surface area contributed by atoms with Crippen LogP contribution in [0.2, 0.25) is 0 Å². The highest BCUT2D eigenvalue weighted by Crippen LogP contribution is 2.38. The van der Waals surface area contributed by atoms with Gasteiger partial charge >= 0.3 is 0 Å². The fourth-order valence-corrected chi connectivity index (χ4v) is 4.77. The van der Waals surface area contributed by atoms with Crippen molar-refractivity contribution in [2.24, 2.45) is 5.92 Å². The lowest BCUT2D eigenvalue weighted by Gasteiger charge is -2.18. The van der Waals surface area contributed by atoms with E-state index >= 15 is 0 Å². The molecule has 1 unspecified atom stereocenters. The van der Waals surface area contributed by atoms with E-state index in [9.17, 15) is 8.42 Å². The van der Waals surface area contributed by atoms with Crippen LogP contribution in [0.1, 0.15) is 31.7 Å². The van der Waals surface area contributed by atoms with Crippen LogP contribution in [0.15, 0.2) is 30.7 Å². The number of anilines is 1. The number of rotatable bonds is 6. The van der Waals surface area contributed by atoms with Crippen molar-refractivity contribution in [3.63, 3.8) is 0 Å². The fraction of sp³-hybridized carbons (Fsp3) is 0.400. The number of nitrogens with zero attached hydrogens (tertiary/aromatic N) is 6. The Hall–Kier alpha value is -3.37. The van der Waals surface area contributed by atoms with E-state index in [4.69, 9.17) is 13.1 Å². The van der Waals surface area contributed by atoms with E-state index in [1.807, 2.05) is 10.9 Å². The first-order chi connectivity index (χ1) is 14.4. The minimum atomic E-state index is -3.47. The summed E-state index contributed by atoms with van der Waals surface area (Å²) >= 11 is 0. The Bertz CT molecular complexity index is 1270. The second-order valence-corrected chi connectivity index (χ2v) is 9.32. The van der Waals surface area contributed by atoms with Crippen LogP contribution >= 0.6 is 0 Å². The minimum Gasteiger partial charge on any atom is -0.315 e. The first kappa shape index (κ1) is 19.9. The van der Waals surface area contributed by atoms with Crippen LogP contribution in [0.5, 0.6) is 0 Å². The van der Waals surface area contributed by atoms with Crippen molar-refractivity contribution in [1.29, 1.82) is 0 Å². The Kier molecular flexibility index (Phi) is 5.18. The molecule has 0 radical (unpaired) electrons. The van der Waals surface area contributed by atoms with Gasteiger partial charge in [0.2, 0.25) is 22.3 Å². The largest absolute Gasteiger partial charge is 0.315 e. The van der Waals surface area contributed by atoms with Crippen molar-refractivity contribution in [2.45, 2.75) is 31.7 Å². The smallest absolute Gasteiger partial charge is 0.237 e. The summed E-state index contributed by atoms with van der Waals surface area (Å²) in [7, 11) is -3.47. The lowest BCUT2D eigenvalue weighted by atomic mass is 9.98. The average molecular weight is 424 g/mol. The van der Waals surface area contributed by atoms with Gasteiger partial charge in [0.05, 0.1) is 30.7 Å². The molecule has 10 heteroatoms. The lowest BCUT2D eigenvalue weighted by molar-refractivity contribution is 0.329. The van der Waals surface area contributed by atoms with E-state index in [-0.39, 0.29) is 6.04 Å². The van der Waals surface area contributed by atoms with E-state index in [0.29, 0.717) is 35.0 Å². The highest BCUT2D eigenvalue weighted by Gasteiger charge is 2.29. The molecule has 1 saturated carbocycles. The lowest BCUT2D eigenvalue weighted by Crippen LogP contribution is -2.20. The van der Waals surface area contributed by atoms with Crippen molar-refractivity contribution < 1.29 is 8.42 Å². The number of sulfonamides is 1. The summed E-state index contributed by atoms with van der Waals surface area (Å²) in [5.41, 5.74) is 2.34. The van der Waals surface area contributed by atoms with Crippen molar-refractivity contribution in [3.05, 3.63) is 53.6 Å². The quantitative estimate of drug-likeness (QED) is 0.611. The normalized spacial score (nSPS) is 15.7. The van der Waals surface area contributed by atoms with Gasteiger partial charge in [0.25, 0.3) is 0 Å². The number of nitrogens with one attached hydrogen (secondary N) is 1. The molecule has 3 aromatic rings. The van der Waals surface area contributed by atoms with Crippen molar-refractivity contribution in [2.75, 3.05) is 17.5 Å². The molecule has 4 rings (SSSR count). The van der Waals surface area contributed by atoms with Crippen LogP contribution in [0, 0.1) is 19.1 Å². The molecular formula is C20H21N7O2S. The van der Waals surface area contributed by atoms with Gasteiger partial charge in [0.1, 0.15) is 11.9 Å². The maximum atomic E-state index is 11.6. The van der Waals surface area contributed by atoms with Crippen molar-refractivity contribution in [1.82, 2.24) is 19.4 Å². The summed E-state index contributed by atoms with van der Waals surface area (Å²) < 4.78 is 29.1. The van der Waals surface area contributed by atoms with E-state index in [1.165, 1.54) is 23.6 Å². The third-order valence-corrected chi connectivity index (χ3v) is 6.11. The third kappa shape index (κ3) is 3.74. The van der Waals surface area contributed by atoms with E-state index in [1.54, 1.807) is 18.3 Å². The molecule has 0 spiro atoms. The van der Waals surface area contributed by atoms with Gasteiger partial charge in [-0.1, -0.05) is 12.8 Å². The summed E-state index contributed by atoms with van der Waals surface area (Å²) in [6, 6.07) is 3.36. The summed E-state index contributed by atoms with van der Waals surface area (Å²) in [6.45, 7) is 15.3. The van der Waals surface area contributed by atoms with Crippen LogP contribution < -0.4 is 4.72 Å². The fourth-order valence-electron chi connectivity index (χ4n) is 4.23. The van der Waals surface area contributed by atoms with Gasteiger partial charge in [-0.3, -0.25) is 9.40 Å². The second kappa shape index (κ2) is 7.81. The van der Waals surface area contributed by atoms with Crippen molar-refractivity contribution >= 4 is 27.0 Å².